The van der Waals surface area contributed by atoms with E-state index in [-0.39, 0.29) is 47.8 Å². The molecular formula is C23H27N3O5. The van der Waals surface area contributed by atoms with Crippen molar-refractivity contribution < 1.29 is 24.9 Å². The standard InChI is InChI=1S/C23H27N3O5/c1-23(2,3)20(12-27)26-22(31)17-11-14-10-15(5-6-16(14)25-17)24-21(30)9-13-4-7-18(28)19(29)8-13/h4-8,10-11,20,25,27-29H,9,12H2,1-3H3,(H,24,30)(H,26,31)/t20-/m1/s1. The Labute approximate surface area is 179 Å². The summed E-state index contributed by atoms with van der Waals surface area (Å²) in [7, 11) is 0. The summed E-state index contributed by atoms with van der Waals surface area (Å²) in [5.41, 5.74) is 1.94. The Bertz CT molecular complexity index is 1110. The molecule has 0 saturated heterocycles. The first-order valence-electron chi connectivity index (χ1n) is 9.92. The third-order valence-electron chi connectivity index (χ3n) is 5.09. The molecule has 3 rings (SSSR count). The van der Waals surface area contributed by atoms with E-state index in [1.807, 2.05) is 20.8 Å². The number of hydrogen-bond donors (Lipinski definition) is 6. The molecule has 31 heavy (non-hydrogen) atoms. The summed E-state index contributed by atoms with van der Waals surface area (Å²) in [6, 6.07) is 10.8. The van der Waals surface area contributed by atoms with Gasteiger partial charge in [-0.1, -0.05) is 26.8 Å². The zero-order chi connectivity index (χ0) is 22.8. The maximum Gasteiger partial charge on any atom is 0.268 e. The summed E-state index contributed by atoms with van der Waals surface area (Å²) in [6.07, 6.45) is 0.0298. The molecule has 2 amide bonds. The number of aliphatic hydroxyl groups excluding tert-OH is 1. The van der Waals surface area contributed by atoms with Gasteiger partial charge in [0.1, 0.15) is 5.69 Å². The quantitative estimate of drug-likeness (QED) is 0.338. The Kier molecular flexibility index (Phi) is 6.21. The van der Waals surface area contributed by atoms with Crippen LogP contribution in [0.5, 0.6) is 11.5 Å². The summed E-state index contributed by atoms with van der Waals surface area (Å²) in [6.45, 7) is 5.65. The molecule has 0 bridgehead atoms. The second kappa shape index (κ2) is 8.69. The molecule has 0 aliphatic heterocycles. The molecule has 8 heteroatoms. The zero-order valence-corrected chi connectivity index (χ0v) is 17.7. The first-order chi connectivity index (χ1) is 14.6. The van der Waals surface area contributed by atoms with Gasteiger partial charge in [-0.3, -0.25) is 9.59 Å². The summed E-state index contributed by atoms with van der Waals surface area (Å²) in [5, 5.41) is 34.8. The van der Waals surface area contributed by atoms with Gasteiger partial charge in [0.05, 0.1) is 19.1 Å². The number of benzene rings is 2. The van der Waals surface area contributed by atoms with E-state index in [4.69, 9.17) is 0 Å². The van der Waals surface area contributed by atoms with Gasteiger partial charge in [0.15, 0.2) is 11.5 Å². The van der Waals surface area contributed by atoms with Crippen molar-refractivity contribution in [3.8, 4) is 11.5 Å². The largest absolute Gasteiger partial charge is 0.504 e. The lowest BCUT2D eigenvalue weighted by atomic mass is 9.87. The topological polar surface area (TPSA) is 135 Å². The monoisotopic (exact) mass is 425 g/mol. The fraction of sp³-hybridized carbons (Fsp3) is 0.304. The maximum atomic E-state index is 12.6. The molecule has 164 valence electrons. The van der Waals surface area contributed by atoms with Gasteiger partial charge in [0.2, 0.25) is 5.91 Å². The number of aromatic nitrogens is 1. The first-order valence-corrected chi connectivity index (χ1v) is 9.92. The van der Waals surface area contributed by atoms with E-state index in [1.165, 1.54) is 12.1 Å². The number of aromatic hydroxyl groups is 2. The zero-order valence-electron chi connectivity index (χ0n) is 17.7. The number of hydrogen-bond acceptors (Lipinski definition) is 5. The number of rotatable bonds is 6. The van der Waals surface area contributed by atoms with Gasteiger partial charge in [0, 0.05) is 16.6 Å². The van der Waals surface area contributed by atoms with Crippen LogP contribution in [0.25, 0.3) is 10.9 Å². The summed E-state index contributed by atoms with van der Waals surface area (Å²) >= 11 is 0. The molecule has 0 spiro atoms. The van der Waals surface area contributed by atoms with Gasteiger partial charge in [-0.25, -0.2) is 0 Å². The third-order valence-corrected chi connectivity index (χ3v) is 5.09. The predicted molar refractivity (Wildman–Crippen MR) is 118 cm³/mol. The van der Waals surface area contributed by atoms with Crippen LogP contribution in [0.1, 0.15) is 36.8 Å². The molecule has 0 radical (unpaired) electrons. The lowest BCUT2D eigenvalue weighted by Gasteiger charge is -2.29. The Morgan fingerprint density at radius 2 is 1.77 bits per heavy atom. The van der Waals surface area contributed by atoms with Gasteiger partial charge in [-0.15, -0.1) is 0 Å². The highest BCUT2D eigenvalue weighted by molar-refractivity contribution is 6.00. The number of carbonyl (C=O) groups is 2. The number of aliphatic hydroxyl groups is 1. The molecule has 1 atom stereocenters. The number of phenols is 2. The highest BCUT2D eigenvalue weighted by Crippen LogP contribution is 2.26. The second-order valence-electron chi connectivity index (χ2n) is 8.61. The first kappa shape index (κ1) is 22.2. The number of phenolic OH excluding ortho intramolecular Hbond substituents is 2. The van der Waals surface area contributed by atoms with Gasteiger partial charge < -0.3 is 30.9 Å². The molecular weight excluding hydrogens is 398 g/mol. The molecule has 0 saturated carbocycles. The highest BCUT2D eigenvalue weighted by Gasteiger charge is 2.26. The van der Waals surface area contributed by atoms with Crippen LogP contribution in [0.3, 0.4) is 0 Å². The minimum absolute atomic E-state index is 0.0298. The number of anilines is 1. The lowest BCUT2D eigenvalue weighted by Crippen LogP contribution is -2.46. The number of amides is 2. The fourth-order valence-corrected chi connectivity index (χ4v) is 3.17. The van der Waals surface area contributed by atoms with Crippen LogP contribution in [-0.4, -0.2) is 44.8 Å². The molecule has 3 aromatic rings. The van der Waals surface area contributed by atoms with Crippen molar-refractivity contribution in [2.75, 3.05) is 11.9 Å². The van der Waals surface area contributed by atoms with Crippen molar-refractivity contribution >= 4 is 28.4 Å². The fourth-order valence-electron chi connectivity index (χ4n) is 3.17. The van der Waals surface area contributed by atoms with E-state index in [9.17, 15) is 24.9 Å². The van der Waals surface area contributed by atoms with Gasteiger partial charge in [0.25, 0.3) is 5.91 Å². The van der Waals surface area contributed by atoms with E-state index in [2.05, 4.69) is 15.6 Å². The van der Waals surface area contributed by atoms with Crippen LogP contribution in [0.15, 0.2) is 42.5 Å². The van der Waals surface area contributed by atoms with Crippen LogP contribution >= 0.6 is 0 Å². The predicted octanol–water partition coefficient (Wildman–Crippen LogP) is 2.90. The molecule has 0 aliphatic carbocycles. The molecule has 0 fully saturated rings. The number of H-pyrrole nitrogens is 1. The Hall–Kier alpha value is -3.52. The van der Waals surface area contributed by atoms with E-state index in [0.717, 1.165) is 10.9 Å². The van der Waals surface area contributed by atoms with Crippen molar-refractivity contribution in [3.05, 3.63) is 53.7 Å². The SMILES string of the molecule is CC(C)(C)[C@@H](CO)NC(=O)c1cc2cc(NC(=O)Cc3ccc(O)c(O)c3)ccc2[nH]1. The van der Waals surface area contributed by atoms with Crippen molar-refractivity contribution in [2.24, 2.45) is 5.41 Å². The number of fused-ring (bicyclic) bond motifs is 1. The average molecular weight is 425 g/mol. The Morgan fingerprint density at radius 3 is 2.42 bits per heavy atom. The minimum Gasteiger partial charge on any atom is -0.504 e. The summed E-state index contributed by atoms with van der Waals surface area (Å²) in [5.74, 6) is -1.12. The number of aromatic amines is 1. The molecule has 0 unspecified atom stereocenters. The maximum absolute atomic E-state index is 12.6. The van der Waals surface area contributed by atoms with Crippen molar-refractivity contribution in [3.63, 3.8) is 0 Å². The van der Waals surface area contributed by atoms with E-state index in [0.29, 0.717) is 16.9 Å². The van der Waals surface area contributed by atoms with Crippen LogP contribution in [0.2, 0.25) is 0 Å². The Morgan fingerprint density at radius 1 is 1.03 bits per heavy atom. The van der Waals surface area contributed by atoms with Crippen LogP contribution in [0, 0.1) is 5.41 Å². The van der Waals surface area contributed by atoms with E-state index < -0.39 is 0 Å². The minimum atomic E-state index is -0.388. The normalized spacial score (nSPS) is 12.5. The van der Waals surface area contributed by atoms with Crippen LogP contribution in [0.4, 0.5) is 5.69 Å². The summed E-state index contributed by atoms with van der Waals surface area (Å²) < 4.78 is 0. The molecule has 0 aliphatic rings. The summed E-state index contributed by atoms with van der Waals surface area (Å²) in [4.78, 5) is 28.0. The van der Waals surface area contributed by atoms with E-state index in [1.54, 1.807) is 30.3 Å². The van der Waals surface area contributed by atoms with Crippen LogP contribution in [-0.2, 0) is 11.2 Å². The van der Waals surface area contributed by atoms with Crippen molar-refractivity contribution in [2.45, 2.75) is 33.2 Å². The second-order valence-corrected chi connectivity index (χ2v) is 8.61. The van der Waals surface area contributed by atoms with Crippen LogP contribution < -0.4 is 10.6 Å². The van der Waals surface area contributed by atoms with Crippen molar-refractivity contribution in [1.82, 2.24) is 10.3 Å². The molecule has 2 aromatic carbocycles. The van der Waals surface area contributed by atoms with Gasteiger partial charge >= 0.3 is 0 Å². The molecule has 1 heterocycles. The van der Waals surface area contributed by atoms with E-state index >= 15 is 0 Å². The van der Waals surface area contributed by atoms with Crippen molar-refractivity contribution in [1.29, 1.82) is 0 Å². The lowest BCUT2D eigenvalue weighted by molar-refractivity contribution is -0.115. The molecule has 1 aromatic heterocycles. The molecule has 6 N–H and O–H groups in total. The molecule has 8 nitrogen and oxygen atoms in total. The van der Waals surface area contributed by atoms with Gasteiger partial charge in [-0.05, 0) is 47.4 Å². The number of carbonyl (C=O) groups excluding carboxylic acids is 2. The Balaban J connectivity index is 1.70. The average Bonchev–Trinajstić information content (AvgIpc) is 3.11. The smallest absolute Gasteiger partial charge is 0.268 e. The third kappa shape index (κ3) is 5.35. The van der Waals surface area contributed by atoms with Gasteiger partial charge in [-0.2, -0.15) is 0 Å². The number of nitrogens with one attached hydrogen (secondary N) is 3. The highest BCUT2D eigenvalue weighted by atomic mass is 16.3.